The molecule has 164 valence electrons. The van der Waals surface area contributed by atoms with Gasteiger partial charge in [-0.1, -0.05) is 12.2 Å². The van der Waals surface area contributed by atoms with Crippen LogP contribution in [0.1, 0.15) is 39.5 Å². The highest BCUT2D eigenvalue weighted by Gasteiger charge is 2.48. The van der Waals surface area contributed by atoms with Crippen molar-refractivity contribution < 1.29 is 38.1 Å². The van der Waals surface area contributed by atoms with Crippen LogP contribution in [0.2, 0.25) is 0 Å². The summed E-state index contributed by atoms with van der Waals surface area (Å²) in [7, 11) is 4.64. The van der Waals surface area contributed by atoms with Crippen molar-refractivity contribution >= 4 is 23.9 Å². The maximum atomic E-state index is 12.4. The molecule has 0 aliphatic heterocycles. The lowest BCUT2D eigenvalue weighted by Gasteiger charge is -2.26. The lowest BCUT2D eigenvalue weighted by Crippen LogP contribution is -2.41. The van der Waals surface area contributed by atoms with E-state index in [9.17, 15) is 19.2 Å². The van der Waals surface area contributed by atoms with E-state index in [0.29, 0.717) is 0 Å². The molecule has 0 aromatic rings. The van der Waals surface area contributed by atoms with E-state index in [4.69, 9.17) is 18.9 Å². The van der Waals surface area contributed by atoms with Gasteiger partial charge in [0.25, 0.3) is 0 Å². The summed E-state index contributed by atoms with van der Waals surface area (Å²) in [5.74, 6) is 7.49. The van der Waals surface area contributed by atoms with E-state index in [1.165, 1.54) is 12.2 Å². The van der Waals surface area contributed by atoms with Gasteiger partial charge in [-0.3, -0.25) is 19.2 Å². The third-order valence-electron chi connectivity index (χ3n) is 4.54. The van der Waals surface area contributed by atoms with Crippen molar-refractivity contribution in [3.63, 3.8) is 0 Å². The minimum atomic E-state index is -1.68. The Labute approximate surface area is 177 Å². The van der Waals surface area contributed by atoms with Gasteiger partial charge in [-0.05, 0) is 26.7 Å². The standard InChI is InChI=1S/C22H28O8/c1-7-9-13-21(17(23)27-3,18(24)28-4)15-11-12-16-22(14-10-8-2,19(25)29-5)20(26)30-6/h11-12H,13-16H2,1-6H3/b12-11-. The normalized spacial score (nSPS) is 10.7. The molecular formula is C22H28O8. The quantitative estimate of drug-likeness (QED) is 0.173. The lowest BCUT2D eigenvalue weighted by molar-refractivity contribution is -0.170. The zero-order valence-corrected chi connectivity index (χ0v) is 18.2. The van der Waals surface area contributed by atoms with E-state index in [1.807, 2.05) is 0 Å². The highest BCUT2D eigenvalue weighted by atomic mass is 16.6. The second-order valence-electron chi connectivity index (χ2n) is 6.22. The van der Waals surface area contributed by atoms with Gasteiger partial charge in [0.15, 0.2) is 10.8 Å². The molecule has 0 heterocycles. The second kappa shape index (κ2) is 13.1. The maximum absolute atomic E-state index is 12.4. The third kappa shape index (κ3) is 6.12. The summed E-state index contributed by atoms with van der Waals surface area (Å²) in [6.07, 6.45) is 2.52. The van der Waals surface area contributed by atoms with Crippen molar-refractivity contribution in [2.75, 3.05) is 28.4 Å². The highest BCUT2D eigenvalue weighted by molar-refractivity contribution is 6.01. The number of ether oxygens (including phenoxy) is 4. The van der Waals surface area contributed by atoms with Crippen molar-refractivity contribution in [2.24, 2.45) is 10.8 Å². The number of methoxy groups -OCH3 is 4. The van der Waals surface area contributed by atoms with Gasteiger partial charge in [-0.2, -0.15) is 0 Å². The Morgan fingerprint density at radius 3 is 1.10 bits per heavy atom. The minimum Gasteiger partial charge on any atom is -0.468 e. The molecule has 0 radical (unpaired) electrons. The first-order valence-electron chi connectivity index (χ1n) is 9.04. The largest absolute Gasteiger partial charge is 0.468 e. The summed E-state index contributed by atoms with van der Waals surface area (Å²) in [5.41, 5.74) is -3.35. The Morgan fingerprint density at radius 2 is 0.900 bits per heavy atom. The van der Waals surface area contributed by atoms with Crippen molar-refractivity contribution in [1.82, 2.24) is 0 Å². The third-order valence-corrected chi connectivity index (χ3v) is 4.54. The Morgan fingerprint density at radius 1 is 0.633 bits per heavy atom. The Hall–Kier alpha value is -3.26. The molecular weight excluding hydrogens is 392 g/mol. The van der Waals surface area contributed by atoms with E-state index < -0.39 is 34.7 Å². The Balaban J connectivity index is 6.00. The van der Waals surface area contributed by atoms with Crippen LogP contribution in [0.5, 0.6) is 0 Å². The monoisotopic (exact) mass is 420 g/mol. The van der Waals surface area contributed by atoms with Gasteiger partial charge in [-0.25, -0.2) is 0 Å². The average molecular weight is 420 g/mol. The van der Waals surface area contributed by atoms with Crippen LogP contribution >= 0.6 is 0 Å². The number of hydrogen-bond donors (Lipinski definition) is 0. The van der Waals surface area contributed by atoms with Crippen LogP contribution in [0.15, 0.2) is 12.2 Å². The molecule has 8 nitrogen and oxygen atoms in total. The average Bonchev–Trinajstić information content (AvgIpc) is 2.78. The summed E-state index contributed by atoms with van der Waals surface area (Å²) in [6, 6.07) is 0. The molecule has 0 N–H and O–H groups in total. The Kier molecular flexibility index (Phi) is 11.6. The predicted molar refractivity (Wildman–Crippen MR) is 107 cm³/mol. The van der Waals surface area contributed by atoms with Gasteiger partial charge in [0.05, 0.1) is 28.4 Å². The fourth-order valence-electron chi connectivity index (χ4n) is 2.76. The molecule has 8 heteroatoms. The summed E-state index contributed by atoms with van der Waals surface area (Å²) >= 11 is 0. The number of allylic oxidation sites excluding steroid dienone is 2. The molecule has 0 spiro atoms. The number of rotatable bonds is 10. The fraction of sp³-hybridized carbons (Fsp3) is 0.545. The van der Waals surface area contributed by atoms with Crippen LogP contribution in [0, 0.1) is 34.5 Å². The van der Waals surface area contributed by atoms with Gasteiger partial charge >= 0.3 is 23.9 Å². The molecule has 0 amide bonds. The summed E-state index contributed by atoms with van der Waals surface area (Å²) in [4.78, 5) is 49.6. The molecule has 0 bridgehead atoms. The summed E-state index contributed by atoms with van der Waals surface area (Å²) < 4.78 is 19.2. The predicted octanol–water partition coefficient (Wildman–Crippen LogP) is 1.81. The van der Waals surface area contributed by atoms with E-state index in [1.54, 1.807) is 13.8 Å². The zero-order chi connectivity index (χ0) is 23.2. The lowest BCUT2D eigenvalue weighted by atomic mass is 9.79. The number of esters is 4. The van der Waals surface area contributed by atoms with Gasteiger partial charge in [0.1, 0.15) is 0 Å². The molecule has 0 rings (SSSR count). The number of hydrogen-bond acceptors (Lipinski definition) is 8. The number of carbonyl (C=O) groups excluding carboxylic acids is 4. The first-order chi connectivity index (χ1) is 14.3. The smallest absolute Gasteiger partial charge is 0.324 e. The van der Waals surface area contributed by atoms with Crippen molar-refractivity contribution in [3.05, 3.63) is 12.2 Å². The molecule has 30 heavy (non-hydrogen) atoms. The zero-order valence-electron chi connectivity index (χ0n) is 18.2. The van der Waals surface area contributed by atoms with Crippen LogP contribution in [0.25, 0.3) is 0 Å². The van der Waals surface area contributed by atoms with Crippen LogP contribution in [0.3, 0.4) is 0 Å². The fourth-order valence-corrected chi connectivity index (χ4v) is 2.76. The molecule has 0 aliphatic carbocycles. The van der Waals surface area contributed by atoms with Crippen LogP contribution < -0.4 is 0 Å². The summed E-state index contributed by atoms with van der Waals surface area (Å²) in [6.45, 7) is 3.15. The topological polar surface area (TPSA) is 105 Å². The van der Waals surface area contributed by atoms with E-state index in [-0.39, 0.29) is 25.7 Å². The molecule has 0 atom stereocenters. The van der Waals surface area contributed by atoms with E-state index in [2.05, 4.69) is 23.7 Å². The molecule has 0 aromatic heterocycles. The van der Waals surface area contributed by atoms with Crippen LogP contribution in [-0.2, 0) is 38.1 Å². The maximum Gasteiger partial charge on any atom is 0.324 e. The first-order valence-corrected chi connectivity index (χ1v) is 9.04. The molecule has 0 unspecified atom stereocenters. The van der Waals surface area contributed by atoms with Gasteiger partial charge in [0.2, 0.25) is 0 Å². The first kappa shape index (κ1) is 26.7. The van der Waals surface area contributed by atoms with Crippen molar-refractivity contribution in [2.45, 2.75) is 39.5 Å². The van der Waals surface area contributed by atoms with Crippen molar-refractivity contribution in [1.29, 1.82) is 0 Å². The van der Waals surface area contributed by atoms with Gasteiger partial charge in [0, 0.05) is 12.8 Å². The SMILES string of the molecule is CC#CCC(C/C=C\CC(CC#CC)(C(=O)OC)C(=O)OC)(C(=O)OC)C(=O)OC. The molecule has 0 saturated carbocycles. The summed E-state index contributed by atoms with van der Waals surface area (Å²) in [5, 5.41) is 0. The van der Waals surface area contributed by atoms with Crippen LogP contribution in [-0.4, -0.2) is 52.3 Å². The van der Waals surface area contributed by atoms with E-state index in [0.717, 1.165) is 28.4 Å². The molecule has 0 aliphatic rings. The molecule has 0 fully saturated rings. The van der Waals surface area contributed by atoms with E-state index >= 15 is 0 Å². The molecule has 0 aromatic carbocycles. The Bertz CT molecular complexity index is 687. The number of carbonyl (C=O) groups is 4. The van der Waals surface area contributed by atoms with Gasteiger partial charge in [-0.15, -0.1) is 23.7 Å². The highest BCUT2D eigenvalue weighted by Crippen LogP contribution is 2.33. The van der Waals surface area contributed by atoms with Crippen molar-refractivity contribution in [3.8, 4) is 23.7 Å². The molecule has 0 saturated heterocycles. The minimum absolute atomic E-state index is 0.112. The second-order valence-corrected chi connectivity index (χ2v) is 6.22. The van der Waals surface area contributed by atoms with Gasteiger partial charge < -0.3 is 18.9 Å². The van der Waals surface area contributed by atoms with Crippen LogP contribution in [0.4, 0.5) is 0 Å².